The number of aldehydes is 1. The molecule has 5 heteroatoms. The van der Waals surface area contributed by atoms with Gasteiger partial charge in [0.2, 0.25) is 0 Å². The van der Waals surface area contributed by atoms with Gasteiger partial charge in [-0.15, -0.1) is 0 Å². The Morgan fingerprint density at radius 2 is 2.07 bits per heavy atom. The van der Waals surface area contributed by atoms with Gasteiger partial charge >= 0.3 is 0 Å². The predicted molar refractivity (Wildman–Crippen MR) is 47.0 cm³/mol. The second-order valence-corrected chi connectivity index (χ2v) is 2.88. The molecule has 1 aromatic rings. The summed E-state index contributed by atoms with van der Waals surface area (Å²) in [6.07, 6.45) is -2.47. The summed E-state index contributed by atoms with van der Waals surface area (Å²) in [6.45, 7) is 0. The third kappa shape index (κ3) is 2.14. The van der Waals surface area contributed by atoms with Gasteiger partial charge in [0.15, 0.2) is 6.29 Å². The van der Waals surface area contributed by atoms with Crippen LogP contribution in [0.15, 0.2) is 18.2 Å². The number of alkyl halides is 2. The second kappa shape index (κ2) is 4.28. The van der Waals surface area contributed by atoms with E-state index in [1.54, 1.807) is 0 Å². The SMILES string of the molecule is O=Cc1cc(C(=O)Cl)ccc1C(F)F. The Morgan fingerprint density at radius 3 is 2.50 bits per heavy atom. The first-order valence-corrected chi connectivity index (χ1v) is 4.01. The van der Waals surface area contributed by atoms with Crippen molar-refractivity contribution >= 4 is 23.1 Å². The van der Waals surface area contributed by atoms with Crippen molar-refractivity contribution in [2.75, 3.05) is 0 Å². The van der Waals surface area contributed by atoms with Crippen LogP contribution in [-0.2, 0) is 0 Å². The minimum absolute atomic E-state index is 0.0261. The van der Waals surface area contributed by atoms with Crippen molar-refractivity contribution in [3.8, 4) is 0 Å². The zero-order valence-corrected chi connectivity index (χ0v) is 7.59. The third-order valence-electron chi connectivity index (χ3n) is 1.68. The van der Waals surface area contributed by atoms with Crippen LogP contribution in [0.5, 0.6) is 0 Å². The van der Waals surface area contributed by atoms with Crippen molar-refractivity contribution in [2.24, 2.45) is 0 Å². The van der Waals surface area contributed by atoms with Crippen LogP contribution in [0.25, 0.3) is 0 Å². The van der Waals surface area contributed by atoms with Crippen molar-refractivity contribution in [1.29, 1.82) is 0 Å². The molecule has 0 aliphatic rings. The Labute approximate surface area is 83.5 Å². The topological polar surface area (TPSA) is 34.1 Å². The van der Waals surface area contributed by atoms with Crippen molar-refractivity contribution in [3.63, 3.8) is 0 Å². The summed E-state index contributed by atoms with van der Waals surface area (Å²) >= 11 is 5.12. The molecule has 1 aromatic carbocycles. The molecular formula is C9H5ClF2O2. The van der Waals surface area contributed by atoms with Crippen molar-refractivity contribution < 1.29 is 18.4 Å². The maximum Gasteiger partial charge on any atom is 0.264 e. The maximum absolute atomic E-state index is 12.3. The lowest BCUT2D eigenvalue weighted by Crippen LogP contribution is -1.97. The average Bonchev–Trinajstić information content (AvgIpc) is 2.16. The first kappa shape index (κ1) is 10.8. The lowest BCUT2D eigenvalue weighted by atomic mass is 10.1. The number of halogens is 3. The van der Waals surface area contributed by atoms with Crippen molar-refractivity contribution in [3.05, 3.63) is 34.9 Å². The van der Waals surface area contributed by atoms with Crippen molar-refractivity contribution in [1.82, 2.24) is 0 Å². The maximum atomic E-state index is 12.3. The summed E-state index contributed by atoms with van der Waals surface area (Å²) in [5.41, 5.74) is -0.591. The van der Waals surface area contributed by atoms with E-state index >= 15 is 0 Å². The fraction of sp³-hybridized carbons (Fsp3) is 0.111. The lowest BCUT2D eigenvalue weighted by molar-refractivity contribution is 0.108. The molecule has 0 aromatic heterocycles. The van der Waals surface area contributed by atoms with E-state index in [2.05, 4.69) is 0 Å². The first-order chi connectivity index (χ1) is 6.56. The van der Waals surface area contributed by atoms with E-state index in [0.29, 0.717) is 0 Å². The van der Waals surface area contributed by atoms with E-state index < -0.39 is 17.2 Å². The molecule has 0 saturated heterocycles. The van der Waals surface area contributed by atoms with Gasteiger partial charge in [0.1, 0.15) is 0 Å². The highest BCUT2D eigenvalue weighted by Crippen LogP contribution is 2.23. The molecule has 2 nitrogen and oxygen atoms in total. The summed E-state index contributed by atoms with van der Waals surface area (Å²) in [7, 11) is 0. The normalized spacial score (nSPS) is 10.3. The van der Waals surface area contributed by atoms with Crippen LogP contribution in [0.2, 0.25) is 0 Å². The number of benzene rings is 1. The molecule has 0 fully saturated rings. The molecule has 0 aliphatic carbocycles. The Morgan fingerprint density at radius 1 is 1.43 bits per heavy atom. The Balaban J connectivity index is 3.25. The Kier molecular flexibility index (Phi) is 3.30. The molecule has 0 saturated carbocycles. The molecule has 1 rings (SSSR count). The molecule has 0 spiro atoms. The molecule has 0 heterocycles. The van der Waals surface area contributed by atoms with Gasteiger partial charge in [-0.3, -0.25) is 9.59 Å². The quantitative estimate of drug-likeness (QED) is 0.578. The summed E-state index contributed by atoms with van der Waals surface area (Å²) in [4.78, 5) is 21.1. The fourth-order valence-corrected chi connectivity index (χ4v) is 1.12. The highest BCUT2D eigenvalue weighted by molar-refractivity contribution is 6.67. The molecule has 74 valence electrons. The van der Waals surface area contributed by atoms with Gasteiger partial charge in [-0.1, -0.05) is 6.07 Å². The van der Waals surface area contributed by atoms with E-state index in [1.807, 2.05) is 0 Å². The van der Waals surface area contributed by atoms with Gasteiger partial charge < -0.3 is 0 Å². The van der Waals surface area contributed by atoms with Gasteiger partial charge in [0.25, 0.3) is 11.7 Å². The lowest BCUT2D eigenvalue weighted by Gasteiger charge is -2.03. The van der Waals surface area contributed by atoms with Crippen LogP contribution < -0.4 is 0 Å². The van der Waals surface area contributed by atoms with Crippen LogP contribution >= 0.6 is 11.6 Å². The molecule has 14 heavy (non-hydrogen) atoms. The fourth-order valence-electron chi connectivity index (χ4n) is 0.998. The zero-order chi connectivity index (χ0) is 10.7. The molecule has 0 radical (unpaired) electrons. The largest absolute Gasteiger partial charge is 0.298 e. The molecule has 0 bridgehead atoms. The van der Waals surface area contributed by atoms with Crippen LogP contribution in [0.4, 0.5) is 8.78 Å². The minimum Gasteiger partial charge on any atom is -0.298 e. The Bertz CT molecular complexity index is 377. The van der Waals surface area contributed by atoms with Gasteiger partial charge in [-0.05, 0) is 23.7 Å². The van der Waals surface area contributed by atoms with Gasteiger partial charge in [0, 0.05) is 16.7 Å². The smallest absolute Gasteiger partial charge is 0.264 e. The summed E-state index contributed by atoms with van der Waals surface area (Å²) in [6, 6.07) is 3.22. The highest BCUT2D eigenvalue weighted by atomic mass is 35.5. The van der Waals surface area contributed by atoms with E-state index in [-0.39, 0.29) is 17.4 Å². The van der Waals surface area contributed by atoms with Gasteiger partial charge in [-0.2, -0.15) is 0 Å². The monoisotopic (exact) mass is 218 g/mol. The van der Waals surface area contributed by atoms with E-state index in [4.69, 9.17) is 11.6 Å². The van der Waals surface area contributed by atoms with Gasteiger partial charge in [0.05, 0.1) is 0 Å². The van der Waals surface area contributed by atoms with Gasteiger partial charge in [-0.25, -0.2) is 8.78 Å². The molecule has 0 atom stereocenters. The van der Waals surface area contributed by atoms with E-state index in [1.165, 1.54) is 0 Å². The average molecular weight is 219 g/mol. The summed E-state index contributed by atoms with van der Waals surface area (Å²) in [5.74, 6) is 0. The standard InChI is InChI=1S/C9H5ClF2O2/c10-8(14)5-1-2-7(9(11)12)6(3-5)4-13/h1-4,9H. The minimum atomic E-state index is -2.74. The number of carbonyl (C=O) groups excluding carboxylic acids is 2. The van der Waals surface area contributed by atoms with Crippen LogP contribution in [0.3, 0.4) is 0 Å². The number of hydrogen-bond acceptors (Lipinski definition) is 2. The Hall–Kier alpha value is -1.29. The molecule has 0 N–H and O–H groups in total. The molecule has 0 amide bonds. The van der Waals surface area contributed by atoms with Crippen LogP contribution in [0, 0.1) is 0 Å². The second-order valence-electron chi connectivity index (χ2n) is 2.54. The van der Waals surface area contributed by atoms with E-state index in [0.717, 1.165) is 18.2 Å². The number of carbonyl (C=O) groups is 2. The molecule has 0 unspecified atom stereocenters. The molecular weight excluding hydrogens is 214 g/mol. The van der Waals surface area contributed by atoms with Crippen LogP contribution in [-0.4, -0.2) is 11.5 Å². The summed E-state index contributed by atoms with van der Waals surface area (Å²) in [5, 5.41) is -0.783. The first-order valence-electron chi connectivity index (χ1n) is 3.63. The third-order valence-corrected chi connectivity index (χ3v) is 1.89. The zero-order valence-electron chi connectivity index (χ0n) is 6.84. The van der Waals surface area contributed by atoms with Crippen LogP contribution in [0.1, 0.15) is 32.7 Å². The number of hydrogen-bond donors (Lipinski definition) is 0. The molecule has 0 aliphatic heterocycles. The highest BCUT2D eigenvalue weighted by Gasteiger charge is 2.14. The summed E-state index contributed by atoms with van der Waals surface area (Å²) < 4.78 is 24.5. The number of rotatable bonds is 3. The van der Waals surface area contributed by atoms with Crippen molar-refractivity contribution in [2.45, 2.75) is 6.43 Å². The predicted octanol–water partition coefficient (Wildman–Crippen LogP) is 2.82. The van der Waals surface area contributed by atoms with E-state index in [9.17, 15) is 18.4 Å².